The zero-order valence-corrected chi connectivity index (χ0v) is 8.43. The van der Waals surface area contributed by atoms with Gasteiger partial charge in [0.05, 0.1) is 12.1 Å². The second-order valence-corrected chi connectivity index (χ2v) is 4.53. The largest absolute Gasteiger partial charge is 0.463 e. The lowest BCUT2D eigenvalue weighted by Gasteiger charge is -1.98. The predicted molar refractivity (Wildman–Crippen MR) is 54.1 cm³/mol. The van der Waals surface area contributed by atoms with Crippen LogP contribution in [0.2, 0.25) is 0 Å². The number of aryl methyl sites for hydroxylation is 1. The van der Waals surface area contributed by atoms with Crippen molar-refractivity contribution in [2.75, 3.05) is 6.61 Å². The third-order valence-corrected chi connectivity index (χ3v) is 3.30. The Kier molecular flexibility index (Phi) is 1.47. The van der Waals surface area contributed by atoms with E-state index < -0.39 is 0 Å². The molecule has 1 aliphatic rings. The molecule has 0 aromatic carbocycles. The van der Waals surface area contributed by atoms with E-state index in [-0.39, 0.29) is 5.56 Å². The van der Waals surface area contributed by atoms with Crippen LogP contribution < -0.4 is 10.3 Å². The molecule has 2 aromatic heterocycles. The van der Waals surface area contributed by atoms with E-state index in [4.69, 9.17) is 4.74 Å². The first-order chi connectivity index (χ1) is 6.75. The van der Waals surface area contributed by atoms with Gasteiger partial charge in [-0.25, -0.2) is 0 Å². The van der Waals surface area contributed by atoms with E-state index >= 15 is 0 Å². The molecular weight excluding hydrogens is 200 g/mol. The Labute approximate surface area is 83.8 Å². The smallest absolute Gasteiger partial charge is 0.299 e. The Bertz CT molecular complexity index is 570. The minimum atomic E-state index is 0.0283. The highest BCUT2D eigenvalue weighted by Crippen LogP contribution is 2.23. The van der Waals surface area contributed by atoms with Crippen molar-refractivity contribution in [1.82, 2.24) is 9.55 Å². The van der Waals surface area contributed by atoms with Crippen LogP contribution in [0.3, 0.4) is 0 Å². The Hall–Kier alpha value is -1.36. The van der Waals surface area contributed by atoms with Crippen LogP contribution in [-0.4, -0.2) is 16.2 Å². The number of hydrogen-bond acceptors (Lipinski definition) is 4. The molecule has 2 aromatic rings. The number of aromatic nitrogens is 2. The summed E-state index contributed by atoms with van der Waals surface area (Å²) in [6, 6.07) is 2.38. The van der Waals surface area contributed by atoms with Crippen molar-refractivity contribution < 1.29 is 4.74 Å². The summed E-state index contributed by atoms with van der Waals surface area (Å²) in [6.07, 6.45) is 0. The molecule has 14 heavy (non-hydrogen) atoms. The van der Waals surface area contributed by atoms with Crippen LogP contribution in [0, 0.1) is 6.92 Å². The van der Waals surface area contributed by atoms with Gasteiger partial charge in [0.2, 0.25) is 0 Å². The number of ether oxygens (including phenoxy) is 1. The monoisotopic (exact) mass is 208 g/mol. The van der Waals surface area contributed by atoms with Gasteiger partial charge >= 0.3 is 0 Å². The first kappa shape index (κ1) is 7.99. The fourth-order valence-electron chi connectivity index (χ4n) is 1.65. The van der Waals surface area contributed by atoms with Crippen LogP contribution in [0.5, 0.6) is 6.01 Å². The minimum absolute atomic E-state index is 0.0283. The summed E-state index contributed by atoms with van der Waals surface area (Å²) in [5, 5.41) is 0. The van der Waals surface area contributed by atoms with E-state index in [2.05, 4.69) is 4.98 Å². The van der Waals surface area contributed by atoms with E-state index in [9.17, 15) is 4.79 Å². The summed E-state index contributed by atoms with van der Waals surface area (Å²) in [5.74, 6) is 0. The van der Waals surface area contributed by atoms with Crippen LogP contribution in [0.4, 0.5) is 0 Å². The summed E-state index contributed by atoms with van der Waals surface area (Å²) in [4.78, 5) is 17.3. The van der Waals surface area contributed by atoms with Crippen molar-refractivity contribution in [2.24, 2.45) is 0 Å². The molecule has 0 unspecified atom stereocenters. The maximum atomic E-state index is 11.9. The van der Waals surface area contributed by atoms with Crippen LogP contribution in [0.15, 0.2) is 10.9 Å². The minimum Gasteiger partial charge on any atom is -0.463 e. The second-order valence-electron chi connectivity index (χ2n) is 3.27. The van der Waals surface area contributed by atoms with Crippen molar-refractivity contribution in [2.45, 2.75) is 13.5 Å². The van der Waals surface area contributed by atoms with Gasteiger partial charge in [-0.15, -0.1) is 11.3 Å². The van der Waals surface area contributed by atoms with Crippen molar-refractivity contribution >= 4 is 21.6 Å². The van der Waals surface area contributed by atoms with Gasteiger partial charge in [0.1, 0.15) is 11.3 Å². The molecule has 0 aliphatic carbocycles. The molecular formula is C9H8N2O2S. The van der Waals surface area contributed by atoms with E-state index in [1.807, 2.05) is 13.0 Å². The highest BCUT2D eigenvalue weighted by molar-refractivity contribution is 7.18. The molecule has 0 amide bonds. The van der Waals surface area contributed by atoms with Gasteiger partial charge in [0, 0.05) is 4.88 Å². The normalized spacial score (nSPS) is 14.4. The Morgan fingerprint density at radius 3 is 3.36 bits per heavy atom. The topological polar surface area (TPSA) is 44.1 Å². The molecule has 0 spiro atoms. The summed E-state index contributed by atoms with van der Waals surface area (Å²) < 4.78 is 7.58. The average molecular weight is 208 g/mol. The van der Waals surface area contributed by atoms with Gasteiger partial charge in [0.15, 0.2) is 0 Å². The van der Waals surface area contributed by atoms with Gasteiger partial charge < -0.3 is 4.74 Å². The molecule has 0 atom stereocenters. The number of fused-ring (bicyclic) bond motifs is 2. The fourth-order valence-corrected chi connectivity index (χ4v) is 2.54. The van der Waals surface area contributed by atoms with Gasteiger partial charge in [-0.2, -0.15) is 4.98 Å². The lowest BCUT2D eigenvalue weighted by Crippen LogP contribution is -2.17. The van der Waals surface area contributed by atoms with Gasteiger partial charge in [0.25, 0.3) is 11.6 Å². The van der Waals surface area contributed by atoms with Crippen LogP contribution in [0.25, 0.3) is 10.2 Å². The number of nitrogens with zero attached hydrogens (tertiary/aromatic N) is 2. The lowest BCUT2D eigenvalue weighted by molar-refractivity contribution is 0.345. The number of thiophene rings is 1. The second kappa shape index (κ2) is 2.57. The number of rotatable bonds is 0. The molecule has 1 aliphatic heterocycles. The lowest BCUT2D eigenvalue weighted by atomic mass is 10.4. The van der Waals surface area contributed by atoms with Gasteiger partial charge in [-0.1, -0.05) is 0 Å². The van der Waals surface area contributed by atoms with E-state index in [1.54, 1.807) is 4.57 Å². The molecule has 0 fully saturated rings. The van der Waals surface area contributed by atoms with Gasteiger partial charge in [-0.05, 0) is 13.0 Å². The summed E-state index contributed by atoms with van der Waals surface area (Å²) >= 11 is 1.49. The Morgan fingerprint density at radius 2 is 2.50 bits per heavy atom. The van der Waals surface area contributed by atoms with Gasteiger partial charge in [-0.3, -0.25) is 9.36 Å². The van der Waals surface area contributed by atoms with Crippen molar-refractivity contribution in [3.8, 4) is 6.01 Å². The summed E-state index contributed by atoms with van der Waals surface area (Å²) in [7, 11) is 0. The molecule has 0 saturated heterocycles. The van der Waals surface area contributed by atoms with Crippen LogP contribution >= 0.6 is 11.3 Å². The van der Waals surface area contributed by atoms with Crippen LogP contribution in [0.1, 0.15) is 4.88 Å². The molecule has 3 rings (SSSR count). The van der Waals surface area contributed by atoms with Crippen LogP contribution in [-0.2, 0) is 6.54 Å². The highest BCUT2D eigenvalue weighted by Gasteiger charge is 2.18. The van der Waals surface area contributed by atoms with Crippen molar-refractivity contribution in [1.29, 1.82) is 0 Å². The first-order valence-corrected chi connectivity index (χ1v) is 5.21. The molecule has 72 valence electrons. The Balaban J connectivity index is 2.49. The predicted octanol–water partition coefficient (Wildman–Crippen LogP) is 1.16. The highest BCUT2D eigenvalue weighted by atomic mass is 32.1. The zero-order chi connectivity index (χ0) is 9.71. The summed E-state index contributed by atoms with van der Waals surface area (Å²) in [6.45, 7) is 3.15. The summed E-state index contributed by atoms with van der Waals surface area (Å²) in [5.41, 5.74) is 0.784. The standard InChI is InChI=1S/C9H8N2O2S/c1-5-4-6-7(14-5)8(12)11-2-3-13-9(11)10-6/h4H,2-3H2,1H3. The van der Waals surface area contributed by atoms with Crippen molar-refractivity contribution in [3.63, 3.8) is 0 Å². The number of hydrogen-bond donors (Lipinski definition) is 0. The van der Waals surface area contributed by atoms with E-state index in [1.165, 1.54) is 11.3 Å². The third kappa shape index (κ3) is 0.928. The molecule has 0 N–H and O–H groups in total. The van der Waals surface area contributed by atoms with Crippen molar-refractivity contribution in [3.05, 3.63) is 21.3 Å². The average Bonchev–Trinajstić information content (AvgIpc) is 2.71. The molecule has 5 heteroatoms. The third-order valence-electron chi connectivity index (χ3n) is 2.27. The quantitative estimate of drug-likeness (QED) is 0.652. The fraction of sp³-hybridized carbons (Fsp3) is 0.333. The first-order valence-electron chi connectivity index (χ1n) is 4.39. The Morgan fingerprint density at radius 1 is 1.64 bits per heavy atom. The molecule has 0 radical (unpaired) electrons. The molecule has 3 heterocycles. The molecule has 0 bridgehead atoms. The molecule has 4 nitrogen and oxygen atoms in total. The maximum Gasteiger partial charge on any atom is 0.299 e. The maximum absolute atomic E-state index is 11.9. The SMILES string of the molecule is Cc1cc2nc3n(c(=O)c2s1)CCO3. The van der Waals surface area contributed by atoms with E-state index in [0.29, 0.717) is 19.2 Å². The van der Waals surface area contributed by atoms with E-state index in [0.717, 1.165) is 15.1 Å². The molecule has 0 saturated carbocycles. The zero-order valence-electron chi connectivity index (χ0n) is 7.61.